The van der Waals surface area contributed by atoms with E-state index in [-0.39, 0.29) is 30.7 Å². The number of carbonyl (C=O) groups is 1. The van der Waals surface area contributed by atoms with Crippen LogP contribution in [-0.4, -0.2) is 79.6 Å². The number of nitriles is 1. The fourth-order valence-electron chi connectivity index (χ4n) is 6.50. The van der Waals surface area contributed by atoms with Crippen molar-refractivity contribution in [1.29, 1.82) is 5.26 Å². The van der Waals surface area contributed by atoms with Crippen LogP contribution in [0.5, 0.6) is 0 Å². The molecule has 13 heteroatoms. The second-order valence-electron chi connectivity index (χ2n) is 11.7. The second-order valence-corrected chi connectivity index (χ2v) is 12.2. The molecule has 200 valence electrons. The van der Waals surface area contributed by atoms with Crippen LogP contribution in [0.25, 0.3) is 5.69 Å². The average Bonchev–Trinajstić information content (AvgIpc) is 3.52. The third-order valence-corrected chi connectivity index (χ3v) is 9.19. The fraction of sp³-hybridized carbons (Fsp3) is 0.600. The zero-order valence-electron chi connectivity index (χ0n) is 20.4. The van der Waals surface area contributed by atoms with Gasteiger partial charge in [-0.3, -0.25) is 14.3 Å². The summed E-state index contributed by atoms with van der Waals surface area (Å²) in [6.45, 7) is 3.30. The van der Waals surface area contributed by atoms with Crippen molar-refractivity contribution in [3.8, 4) is 11.8 Å². The van der Waals surface area contributed by atoms with E-state index in [0.29, 0.717) is 62.4 Å². The maximum atomic E-state index is 13.3. The highest BCUT2D eigenvalue weighted by Crippen LogP contribution is 2.51. The Kier molecular flexibility index (Phi) is 4.84. The standard InChI is InChI=1S/C25H25ClF3N7O2/c26-16-1-2-18-15(5-16)8-33(17-6-24(38,7-17)25(27,28)29)9-19-31-32-21(36(18)19)35-13-22(14-35)11-34(12-22)20(37)23(10-30)3-4-23/h1-2,5,17,38H,3-4,6-9,11-14H2. The summed E-state index contributed by atoms with van der Waals surface area (Å²) in [6.07, 6.45) is -4.15. The lowest BCUT2D eigenvalue weighted by Crippen LogP contribution is -2.74. The van der Waals surface area contributed by atoms with Gasteiger partial charge in [-0.25, -0.2) is 0 Å². The Morgan fingerprint density at radius 3 is 2.47 bits per heavy atom. The van der Waals surface area contributed by atoms with E-state index < -0.39 is 23.2 Å². The van der Waals surface area contributed by atoms with Gasteiger partial charge >= 0.3 is 6.18 Å². The monoisotopic (exact) mass is 547 g/mol. The van der Waals surface area contributed by atoms with Crippen molar-refractivity contribution < 1.29 is 23.1 Å². The van der Waals surface area contributed by atoms with Crippen LogP contribution in [0, 0.1) is 22.2 Å². The van der Waals surface area contributed by atoms with Crippen molar-refractivity contribution in [3.63, 3.8) is 0 Å². The molecule has 2 aliphatic carbocycles. The molecule has 0 bridgehead atoms. The molecule has 1 aromatic carbocycles. The predicted molar refractivity (Wildman–Crippen MR) is 128 cm³/mol. The maximum Gasteiger partial charge on any atom is 0.417 e. The second kappa shape index (κ2) is 7.61. The van der Waals surface area contributed by atoms with Crippen molar-refractivity contribution in [2.75, 3.05) is 31.1 Å². The van der Waals surface area contributed by atoms with Gasteiger partial charge in [-0.1, -0.05) is 11.6 Å². The van der Waals surface area contributed by atoms with Gasteiger partial charge in [0.15, 0.2) is 11.4 Å². The van der Waals surface area contributed by atoms with Gasteiger partial charge in [-0.15, -0.1) is 10.2 Å². The number of aromatic nitrogens is 3. The average molecular weight is 548 g/mol. The Balaban J connectivity index is 1.11. The first-order valence-corrected chi connectivity index (χ1v) is 13.0. The molecule has 0 radical (unpaired) electrons. The van der Waals surface area contributed by atoms with Crippen molar-refractivity contribution in [3.05, 3.63) is 34.6 Å². The highest BCUT2D eigenvalue weighted by molar-refractivity contribution is 6.30. The molecule has 1 aromatic heterocycles. The van der Waals surface area contributed by atoms with Crippen molar-refractivity contribution in [1.82, 2.24) is 24.6 Å². The molecule has 4 heterocycles. The summed E-state index contributed by atoms with van der Waals surface area (Å²) in [7, 11) is 0. The molecule has 2 saturated carbocycles. The minimum absolute atomic E-state index is 0.0266. The summed E-state index contributed by atoms with van der Waals surface area (Å²) >= 11 is 6.29. The minimum atomic E-state index is -4.66. The third-order valence-electron chi connectivity index (χ3n) is 8.95. The molecule has 38 heavy (non-hydrogen) atoms. The molecule has 9 nitrogen and oxygen atoms in total. The Morgan fingerprint density at radius 1 is 1.13 bits per heavy atom. The lowest BCUT2D eigenvalue weighted by Gasteiger charge is -2.60. The van der Waals surface area contributed by atoms with Gasteiger partial charge in [0.1, 0.15) is 5.41 Å². The quantitative estimate of drug-likeness (QED) is 0.630. The number of carbonyl (C=O) groups excluding carboxylic acids is 1. The fourth-order valence-corrected chi connectivity index (χ4v) is 6.69. The van der Waals surface area contributed by atoms with Crippen LogP contribution in [0.4, 0.5) is 19.1 Å². The Bertz CT molecular complexity index is 1380. The molecule has 1 spiro atoms. The Hall–Kier alpha value is -2.88. The van der Waals surface area contributed by atoms with E-state index in [1.54, 1.807) is 11.0 Å². The topological polar surface area (TPSA) is 102 Å². The first-order chi connectivity index (χ1) is 17.9. The molecule has 1 N–H and O–H groups in total. The van der Waals surface area contributed by atoms with Crippen molar-refractivity contribution >= 4 is 23.5 Å². The molecular formula is C25H25ClF3N7O2. The number of amides is 1. The van der Waals surface area contributed by atoms with E-state index in [9.17, 15) is 28.3 Å². The summed E-state index contributed by atoms with van der Waals surface area (Å²) < 4.78 is 41.7. The highest BCUT2D eigenvalue weighted by Gasteiger charge is 2.63. The summed E-state index contributed by atoms with van der Waals surface area (Å²) in [5, 5.41) is 28.7. The summed E-state index contributed by atoms with van der Waals surface area (Å²) in [6, 6.07) is 7.18. The van der Waals surface area contributed by atoms with Gasteiger partial charge in [0.25, 0.3) is 0 Å². The SMILES string of the molecule is N#CC1(C(=O)N2CC3(C2)CN(c2nnc4n2-c2ccc(Cl)cc2CN(C2CC(O)(C(F)(F)F)C2)C4)C3)CC1. The smallest absolute Gasteiger partial charge is 0.380 e. The van der Waals surface area contributed by atoms with Gasteiger partial charge in [0.05, 0.1) is 18.3 Å². The van der Waals surface area contributed by atoms with E-state index in [2.05, 4.69) is 21.2 Å². The van der Waals surface area contributed by atoms with E-state index in [1.165, 1.54) is 0 Å². The van der Waals surface area contributed by atoms with Crippen LogP contribution in [0.1, 0.15) is 37.1 Å². The molecule has 7 rings (SSSR count). The zero-order chi connectivity index (χ0) is 26.7. The van der Waals surface area contributed by atoms with Gasteiger partial charge in [-0.05, 0) is 36.6 Å². The van der Waals surface area contributed by atoms with Crippen molar-refractivity contribution in [2.45, 2.75) is 56.6 Å². The van der Waals surface area contributed by atoms with Gasteiger partial charge in [0, 0.05) is 62.0 Å². The van der Waals surface area contributed by atoms with Crippen LogP contribution < -0.4 is 4.90 Å². The summed E-state index contributed by atoms with van der Waals surface area (Å²) in [5.74, 6) is 1.20. The van der Waals surface area contributed by atoms with Gasteiger partial charge in [-0.2, -0.15) is 18.4 Å². The van der Waals surface area contributed by atoms with E-state index in [1.807, 2.05) is 21.6 Å². The van der Waals surface area contributed by atoms with Gasteiger partial charge < -0.3 is 14.9 Å². The number of fused-ring (bicyclic) bond motifs is 3. The van der Waals surface area contributed by atoms with Crippen molar-refractivity contribution in [2.24, 2.45) is 10.8 Å². The molecule has 3 aliphatic heterocycles. The summed E-state index contributed by atoms with van der Waals surface area (Å²) in [4.78, 5) is 18.5. The third kappa shape index (κ3) is 3.41. The van der Waals surface area contributed by atoms with E-state index in [4.69, 9.17) is 11.6 Å². The van der Waals surface area contributed by atoms with Crippen LogP contribution in [0.2, 0.25) is 5.02 Å². The summed E-state index contributed by atoms with van der Waals surface area (Å²) in [5.41, 5.74) is -1.81. The molecule has 2 saturated heterocycles. The van der Waals surface area contributed by atoms with Crippen LogP contribution in [0.15, 0.2) is 18.2 Å². The molecule has 0 unspecified atom stereocenters. The number of halogens is 4. The number of rotatable bonds is 3. The van der Waals surface area contributed by atoms with Crippen LogP contribution in [0.3, 0.4) is 0 Å². The number of aliphatic hydroxyl groups is 1. The molecule has 0 atom stereocenters. The molecule has 2 aromatic rings. The van der Waals surface area contributed by atoms with Gasteiger partial charge in [0.2, 0.25) is 11.9 Å². The Morgan fingerprint density at radius 2 is 1.84 bits per heavy atom. The van der Waals surface area contributed by atoms with E-state index in [0.717, 1.165) is 11.3 Å². The lowest BCUT2D eigenvalue weighted by molar-refractivity contribution is -0.300. The predicted octanol–water partition coefficient (Wildman–Crippen LogP) is 2.64. The number of hydrogen-bond donors (Lipinski definition) is 1. The number of anilines is 1. The number of alkyl halides is 3. The molecule has 4 fully saturated rings. The zero-order valence-corrected chi connectivity index (χ0v) is 21.1. The Labute approximate surface area is 221 Å². The molecule has 5 aliphatic rings. The first kappa shape index (κ1) is 24.2. The number of benzene rings is 1. The number of hydrogen-bond acceptors (Lipinski definition) is 7. The minimum Gasteiger partial charge on any atom is -0.380 e. The molecular weight excluding hydrogens is 523 g/mol. The first-order valence-electron chi connectivity index (χ1n) is 12.7. The lowest BCUT2D eigenvalue weighted by atomic mass is 9.72. The maximum absolute atomic E-state index is 13.3. The number of nitrogens with zero attached hydrogens (tertiary/aromatic N) is 7. The van der Waals surface area contributed by atoms with Crippen LogP contribution in [-0.2, 0) is 17.9 Å². The van der Waals surface area contributed by atoms with E-state index >= 15 is 0 Å². The highest BCUT2D eigenvalue weighted by atomic mass is 35.5. The normalized spacial score (nSPS) is 28.8. The number of likely N-dealkylation sites (tertiary alicyclic amines) is 1. The molecule has 1 amide bonds. The largest absolute Gasteiger partial charge is 0.417 e. The van der Waals surface area contributed by atoms with Crippen LogP contribution >= 0.6 is 11.6 Å².